The highest BCUT2D eigenvalue weighted by Crippen LogP contribution is 2.25. The highest BCUT2D eigenvalue weighted by atomic mass is 32.2. The van der Waals surface area contributed by atoms with Crippen molar-refractivity contribution in [1.82, 2.24) is 5.32 Å². The highest BCUT2D eigenvalue weighted by molar-refractivity contribution is 7.98. The highest BCUT2D eigenvalue weighted by Gasteiger charge is 2.19. The average molecular weight is 404 g/mol. The van der Waals surface area contributed by atoms with Crippen molar-refractivity contribution in [3.63, 3.8) is 0 Å². The van der Waals surface area contributed by atoms with Gasteiger partial charge in [0, 0.05) is 5.69 Å². The third-order valence-corrected chi connectivity index (χ3v) is 4.38. The van der Waals surface area contributed by atoms with Gasteiger partial charge in [-0.25, -0.2) is 4.79 Å². The molecule has 1 unspecified atom stereocenters. The Balaban J connectivity index is 1.95. The topological polar surface area (TPSA) is 103 Å². The molecule has 2 rings (SSSR count). The first-order valence-corrected chi connectivity index (χ1v) is 10.3. The maximum absolute atomic E-state index is 12.4. The number of thioether (sulfide) groups is 1. The standard InChI is InChI=1S/C20H25N3O4S/c1-3-26-15-8-10-17(11-9-15)27-16-6-4-14(5-7-16)22-19(24)18(12-13-28-2)23-20(21)25/h4-11,18H,3,12-13H2,1-2H3,(H,22,24)(H3,21,23,25). The molecular weight excluding hydrogens is 378 g/mol. The van der Waals surface area contributed by atoms with Crippen molar-refractivity contribution in [2.45, 2.75) is 19.4 Å². The number of urea groups is 1. The van der Waals surface area contributed by atoms with Crippen LogP contribution in [0.5, 0.6) is 17.2 Å². The predicted molar refractivity (Wildman–Crippen MR) is 112 cm³/mol. The number of carbonyl (C=O) groups excluding carboxylic acids is 2. The van der Waals surface area contributed by atoms with Gasteiger partial charge in [-0.15, -0.1) is 0 Å². The van der Waals surface area contributed by atoms with Crippen molar-refractivity contribution in [3.05, 3.63) is 48.5 Å². The molecule has 3 amide bonds. The average Bonchev–Trinajstić information content (AvgIpc) is 2.68. The van der Waals surface area contributed by atoms with Crippen LogP contribution in [0.15, 0.2) is 48.5 Å². The Morgan fingerprint density at radius 3 is 2.14 bits per heavy atom. The number of rotatable bonds is 10. The van der Waals surface area contributed by atoms with Gasteiger partial charge in [0.1, 0.15) is 23.3 Å². The van der Waals surface area contributed by atoms with Crippen LogP contribution < -0.4 is 25.8 Å². The summed E-state index contributed by atoms with van der Waals surface area (Å²) < 4.78 is 11.2. The second-order valence-corrected chi connectivity index (χ2v) is 6.85. The molecule has 0 saturated carbocycles. The normalized spacial score (nSPS) is 11.4. The third-order valence-electron chi connectivity index (χ3n) is 3.74. The molecule has 0 radical (unpaired) electrons. The van der Waals surface area contributed by atoms with Gasteiger partial charge in [-0.05, 0) is 73.9 Å². The number of anilines is 1. The summed E-state index contributed by atoms with van der Waals surface area (Å²) in [4.78, 5) is 23.5. The van der Waals surface area contributed by atoms with E-state index in [1.807, 2.05) is 37.4 Å². The summed E-state index contributed by atoms with van der Waals surface area (Å²) in [7, 11) is 0. The lowest BCUT2D eigenvalue weighted by molar-refractivity contribution is -0.117. The Hall–Kier alpha value is -2.87. The number of carbonyl (C=O) groups is 2. The molecule has 0 fully saturated rings. The van der Waals surface area contributed by atoms with Crippen molar-refractivity contribution in [2.75, 3.05) is 23.9 Å². The lowest BCUT2D eigenvalue weighted by atomic mass is 10.2. The van der Waals surface area contributed by atoms with Crippen LogP contribution in [-0.4, -0.2) is 36.6 Å². The molecule has 0 aliphatic rings. The number of hydrogen-bond donors (Lipinski definition) is 3. The minimum atomic E-state index is -0.722. The molecule has 7 nitrogen and oxygen atoms in total. The lowest BCUT2D eigenvalue weighted by Gasteiger charge is -2.17. The zero-order chi connectivity index (χ0) is 20.4. The molecule has 2 aromatic rings. The van der Waals surface area contributed by atoms with E-state index in [-0.39, 0.29) is 5.91 Å². The molecule has 1 atom stereocenters. The number of nitrogens with two attached hydrogens (primary N) is 1. The zero-order valence-electron chi connectivity index (χ0n) is 15.9. The Morgan fingerprint density at radius 2 is 1.61 bits per heavy atom. The number of ether oxygens (including phenoxy) is 2. The second kappa shape index (κ2) is 11.1. The van der Waals surface area contributed by atoms with E-state index in [2.05, 4.69) is 10.6 Å². The van der Waals surface area contributed by atoms with Gasteiger partial charge in [-0.3, -0.25) is 4.79 Å². The molecule has 4 N–H and O–H groups in total. The van der Waals surface area contributed by atoms with E-state index < -0.39 is 12.1 Å². The van der Waals surface area contributed by atoms with Crippen molar-refractivity contribution < 1.29 is 19.1 Å². The molecule has 8 heteroatoms. The number of benzene rings is 2. The second-order valence-electron chi connectivity index (χ2n) is 5.86. The van der Waals surface area contributed by atoms with Crippen LogP contribution in [0, 0.1) is 0 Å². The van der Waals surface area contributed by atoms with Crippen LogP contribution in [-0.2, 0) is 4.79 Å². The largest absolute Gasteiger partial charge is 0.494 e. The van der Waals surface area contributed by atoms with E-state index in [9.17, 15) is 9.59 Å². The van der Waals surface area contributed by atoms with Crippen LogP contribution >= 0.6 is 11.8 Å². The van der Waals surface area contributed by atoms with Crippen molar-refractivity contribution in [3.8, 4) is 17.2 Å². The fourth-order valence-corrected chi connectivity index (χ4v) is 2.89. The first-order valence-electron chi connectivity index (χ1n) is 8.88. The maximum atomic E-state index is 12.4. The molecule has 28 heavy (non-hydrogen) atoms. The van der Waals surface area contributed by atoms with Gasteiger partial charge in [-0.1, -0.05) is 0 Å². The minimum Gasteiger partial charge on any atom is -0.494 e. The smallest absolute Gasteiger partial charge is 0.312 e. The number of nitrogens with one attached hydrogen (secondary N) is 2. The molecule has 0 aliphatic carbocycles. The van der Waals surface area contributed by atoms with E-state index >= 15 is 0 Å². The summed E-state index contributed by atoms with van der Waals surface area (Å²) in [6.07, 6.45) is 2.43. The molecule has 0 saturated heterocycles. The predicted octanol–water partition coefficient (Wildman–Crippen LogP) is 3.61. The SMILES string of the molecule is CCOc1ccc(Oc2ccc(NC(=O)C(CCSC)NC(N)=O)cc2)cc1. The van der Waals surface area contributed by atoms with Gasteiger partial charge in [0.15, 0.2) is 0 Å². The number of hydrogen-bond acceptors (Lipinski definition) is 5. The van der Waals surface area contributed by atoms with E-state index in [0.29, 0.717) is 30.2 Å². The molecule has 150 valence electrons. The van der Waals surface area contributed by atoms with E-state index in [4.69, 9.17) is 15.2 Å². The maximum Gasteiger partial charge on any atom is 0.312 e. The fourth-order valence-electron chi connectivity index (χ4n) is 2.42. The monoisotopic (exact) mass is 403 g/mol. The molecule has 0 spiro atoms. The number of amides is 3. The molecule has 0 aromatic heterocycles. The summed E-state index contributed by atoms with van der Waals surface area (Å²) in [5.74, 6) is 2.52. The van der Waals surface area contributed by atoms with E-state index in [0.717, 1.165) is 11.5 Å². The first-order chi connectivity index (χ1) is 13.5. The summed E-state index contributed by atoms with van der Waals surface area (Å²) >= 11 is 1.59. The lowest BCUT2D eigenvalue weighted by Crippen LogP contribution is -2.46. The van der Waals surface area contributed by atoms with Gasteiger partial charge in [0.05, 0.1) is 6.61 Å². The van der Waals surface area contributed by atoms with Crippen LogP contribution in [0.4, 0.5) is 10.5 Å². The minimum absolute atomic E-state index is 0.312. The molecule has 2 aromatic carbocycles. The summed E-state index contributed by atoms with van der Waals surface area (Å²) in [6, 6.07) is 12.9. The van der Waals surface area contributed by atoms with Gasteiger partial charge in [0.25, 0.3) is 0 Å². The van der Waals surface area contributed by atoms with E-state index in [1.165, 1.54) is 0 Å². The molecule has 0 bridgehead atoms. The van der Waals surface area contributed by atoms with Gasteiger partial charge >= 0.3 is 6.03 Å². The van der Waals surface area contributed by atoms with Crippen LogP contribution in [0.25, 0.3) is 0 Å². The Kier molecular flexibility index (Phi) is 8.48. The summed E-state index contributed by atoms with van der Waals surface area (Å²) in [5.41, 5.74) is 5.76. The molecule has 0 heterocycles. The fraction of sp³-hybridized carbons (Fsp3) is 0.300. The summed E-state index contributed by atoms with van der Waals surface area (Å²) in [5, 5.41) is 5.25. The van der Waals surface area contributed by atoms with Gasteiger partial charge in [-0.2, -0.15) is 11.8 Å². The van der Waals surface area contributed by atoms with E-state index in [1.54, 1.807) is 36.0 Å². The molecular formula is C20H25N3O4S. The van der Waals surface area contributed by atoms with Crippen LogP contribution in [0.1, 0.15) is 13.3 Å². The van der Waals surface area contributed by atoms with Crippen molar-refractivity contribution in [1.29, 1.82) is 0 Å². The number of primary amides is 1. The Labute approximate surface area is 169 Å². The van der Waals surface area contributed by atoms with Crippen LogP contribution in [0.3, 0.4) is 0 Å². The summed E-state index contributed by atoms with van der Waals surface area (Å²) in [6.45, 7) is 2.54. The van der Waals surface area contributed by atoms with Crippen molar-refractivity contribution in [2.24, 2.45) is 5.73 Å². The third kappa shape index (κ3) is 7.03. The Bertz CT molecular complexity index is 766. The van der Waals surface area contributed by atoms with Gasteiger partial charge < -0.3 is 25.8 Å². The zero-order valence-corrected chi connectivity index (χ0v) is 16.8. The molecule has 0 aliphatic heterocycles. The van der Waals surface area contributed by atoms with Crippen LogP contribution in [0.2, 0.25) is 0 Å². The quantitative estimate of drug-likeness (QED) is 0.562. The van der Waals surface area contributed by atoms with Crippen molar-refractivity contribution >= 4 is 29.4 Å². The first kappa shape index (κ1) is 21.4. The van der Waals surface area contributed by atoms with Gasteiger partial charge in [0.2, 0.25) is 5.91 Å². The Morgan fingerprint density at radius 1 is 1.04 bits per heavy atom.